The molecule has 0 saturated carbocycles. The first-order valence-corrected chi connectivity index (χ1v) is 7.83. The van der Waals surface area contributed by atoms with Gasteiger partial charge in [-0.3, -0.25) is 0 Å². The van der Waals surface area contributed by atoms with E-state index in [1.807, 2.05) is 48.5 Å². The van der Waals surface area contributed by atoms with Crippen LogP contribution in [-0.2, 0) is 0 Å². The van der Waals surface area contributed by atoms with Gasteiger partial charge in [0.05, 0.1) is 5.56 Å². The number of nitrogens with two attached hydrogens (primary N) is 1. The van der Waals surface area contributed by atoms with Gasteiger partial charge in [-0.2, -0.15) is 0 Å². The quantitative estimate of drug-likeness (QED) is 0.701. The van der Waals surface area contributed by atoms with E-state index in [-0.39, 0.29) is 0 Å². The van der Waals surface area contributed by atoms with Gasteiger partial charge in [0.15, 0.2) is 0 Å². The minimum absolute atomic E-state index is 0.394. The summed E-state index contributed by atoms with van der Waals surface area (Å²) in [6, 6.07) is 15.0. The maximum atomic E-state index is 6.15. The van der Waals surface area contributed by atoms with Crippen molar-refractivity contribution >= 4 is 31.9 Å². The monoisotopic (exact) mass is 407 g/mol. The molecule has 0 spiro atoms. The lowest BCUT2D eigenvalue weighted by molar-refractivity contribution is 0.484. The molecule has 0 aliphatic rings. The number of halogens is 2. The van der Waals surface area contributed by atoms with E-state index in [2.05, 4.69) is 42.1 Å². The highest BCUT2D eigenvalue weighted by Gasteiger charge is 2.18. The van der Waals surface area contributed by atoms with Gasteiger partial charge in [0.25, 0.3) is 0 Å². The molecule has 3 rings (SSSR count). The lowest BCUT2D eigenvalue weighted by atomic mass is 10.1. The molecule has 0 aliphatic heterocycles. The molecule has 6 heteroatoms. The Labute approximate surface area is 138 Å². The standard InChI is InChI=1S/C15H11Br2N3O/c16-10-6-7-11(12(17)8-10)14-19-20-15(21-14)13(18)9-4-2-1-3-5-9/h1-8,13H,18H2. The van der Waals surface area contributed by atoms with Gasteiger partial charge < -0.3 is 10.2 Å². The molecule has 4 nitrogen and oxygen atoms in total. The second-order valence-electron chi connectivity index (χ2n) is 4.46. The van der Waals surface area contributed by atoms with Crippen LogP contribution in [0.1, 0.15) is 17.5 Å². The first kappa shape index (κ1) is 14.4. The molecule has 0 aliphatic carbocycles. The van der Waals surface area contributed by atoms with E-state index in [0.717, 1.165) is 20.1 Å². The van der Waals surface area contributed by atoms with Gasteiger partial charge in [-0.05, 0) is 39.7 Å². The van der Waals surface area contributed by atoms with Crippen molar-refractivity contribution in [2.75, 3.05) is 0 Å². The van der Waals surface area contributed by atoms with Crippen LogP contribution in [0.25, 0.3) is 11.5 Å². The molecule has 106 valence electrons. The molecule has 0 bridgehead atoms. The van der Waals surface area contributed by atoms with Crippen molar-refractivity contribution in [3.05, 3.63) is 68.9 Å². The summed E-state index contributed by atoms with van der Waals surface area (Å²) in [5, 5.41) is 8.14. The summed E-state index contributed by atoms with van der Waals surface area (Å²) in [6.07, 6.45) is 0. The van der Waals surface area contributed by atoms with Crippen molar-refractivity contribution in [2.24, 2.45) is 5.73 Å². The van der Waals surface area contributed by atoms with Gasteiger partial charge >= 0.3 is 0 Å². The highest BCUT2D eigenvalue weighted by molar-refractivity contribution is 9.11. The maximum absolute atomic E-state index is 6.15. The Balaban J connectivity index is 1.93. The Kier molecular flexibility index (Phi) is 4.19. The summed E-state index contributed by atoms with van der Waals surface area (Å²) in [6.45, 7) is 0. The van der Waals surface area contributed by atoms with Crippen LogP contribution in [0.15, 0.2) is 61.9 Å². The molecule has 0 fully saturated rings. The minimum Gasteiger partial charge on any atom is -0.419 e. The van der Waals surface area contributed by atoms with Crippen LogP contribution in [0.4, 0.5) is 0 Å². The fourth-order valence-electron chi connectivity index (χ4n) is 1.93. The zero-order valence-electron chi connectivity index (χ0n) is 10.8. The van der Waals surface area contributed by atoms with Crippen LogP contribution in [-0.4, -0.2) is 10.2 Å². The second-order valence-corrected chi connectivity index (χ2v) is 6.23. The summed E-state index contributed by atoms with van der Waals surface area (Å²) in [7, 11) is 0. The molecule has 2 N–H and O–H groups in total. The summed E-state index contributed by atoms with van der Waals surface area (Å²) < 4.78 is 7.56. The van der Waals surface area contributed by atoms with Crippen LogP contribution < -0.4 is 5.73 Å². The Bertz CT molecular complexity index is 759. The fraction of sp³-hybridized carbons (Fsp3) is 0.0667. The second kappa shape index (κ2) is 6.09. The van der Waals surface area contributed by atoms with E-state index in [9.17, 15) is 0 Å². The van der Waals surface area contributed by atoms with Gasteiger partial charge in [-0.1, -0.05) is 46.3 Å². The van der Waals surface area contributed by atoms with Crippen molar-refractivity contribution < 1.29 is 4.42 Å². The van der Waals surface area contributed by atoms with Gasteiger partial charge in [-0.25, -0.2) is 0 Å². The molecule has 1 atom stereocenters. The van der Waals surface area contributed by atoms with Crippen molar-refractivity contribution in [2.45, 2.75) is 6.04 Å². The first-order chi connectivity index (χ1) is 10.1. The average Bonchev–Trinajstić information content (AvgIpc) is 2.97. The molecule has 0 radical (unpaired) electrons. The highest BCUT2D eigenvalue weighted by atomic mass is 79.9. The zero-order valence-corrected chi connectivity index (χ0v) is 14.0. The molecular weight excluding hydrogens is 398 g/mol. The Morgan fingerprint density at radius 1 is 1.00 bits per heavy atom. The first-order valence-electron chi connectivity index (χ1n) is 6.24. The van der Waals surface area contributed by atoms with Crippen LogP contribution >= 0.6 is 31.9 Å². The number of benzene rings is 2. The van der Waals surface area contributed by atoms with Gasteiger partial charge in [0, 0.05) is 8.95 Å². The number of hydrogen-bond donors (Lipinski definition) is 1. The summed E-state index contributed by atoms with van der Waals surface area (Å²) >= 11 is 6.90. The van der Waals surface area contributed by atoms with E-state index in [0.29, 0.717) is 11.8 Å². The third kappa shape index (κ3) is 3.07. The van der Waals surface area contributed by atoms with Crippen LogP contribution in [0.2, 0.25) is 0 Å². The summed E-state index contributed by atoms with van der Waals surface area (Å²) in [4.78, 5) is 0. The van der Waals surface area contributed by atoms with Gasteiger partial charge in [-0.15, -0.1) is 10.2 Å². The topological polar surface area (TPSA) is 64.9 Å². The average molecular weight is 409 g/mol. The minimum atomic E-state index is -0.429. The lowest BCUT2D eigenvalue weighted by Crippen LogP contribution is -2.11. The van der Waals surface area contributed by atoms with E-state index in [1.54, 1.807) is 0 Å². The van der Waals surface area contributed by atoms with E-state index < -0.39 is 6.04 Å². The predicted octanol–water partition coefficient (Wildman–Crippen LogP) is 4.31. The fourth-order valence-corrected chi connectivity index (χ4v) is 3.15. The Morgan fingerprint density at radius 2 is 1.76 bits per heavy atom. The normalized spacial score (nSPS) is 12.3. The van der Waals surface area contributed by atoms with Crippen molar-refractivity contribution in [3.8, 4) is 11.5 Å². The van der Waals surface area contributed by atoms with Gasteiger partial charge in [0.1, 0.15) is 6.04 Å². The Morgan fingerprint density at radius 3 is 2.48 bits per heavy atom. The number of nitrogens with zero attached hydrogens (tertiary/aromatic N) is 2. The van der Waals surface area contributed by atoms with Gasteiger partial charge in [0.2, 0.25) is 11.8 Å². The third-order valence-electron chi connectivity index (χ3n) is 3.03. The third-order valence-corrected chi connectivity index (χ3v) is 4.18. The van der Waals surface area contributed by atoms with E-state index >= 15 is 0 Å². The molecule has 2 aromatic carbocycles. The van der Waals surface area contributed by atoms with E-state index in [1.165, 1.54) is 0 Å². The molecule has 3 aromatic rings. The lowest BCUT2D eigenvalue weighted by Gasteiger charge is -2.06. The number of rotatable bonds is 3. The molecule has 1 unspecified atom stereocenters. The molecule has 0 amide bonds. The van der Waals surface area contributed by atoms with E-state index in [4.69, 9.17) is 10.2 Å². The molecule has 1 heterocycles. The molecule has 0 saturated heterocycles. The van der Waals surface area contributed by atoms with Crippen molar-refractivity contribution in [1.29, 1.82) is 0 Å². The zero-order chi connectivity index (χ0) is 14.8. The number of aromatic nitrogens is 2. The summed E-state index contributed by atoms with van der Waals surface area (Å²) in [5.74, 6) is 0.835. The predicted molar refractivity (Wildman–Crippen MR) is 87.6 cm³/mol. The highest BCUT2D eigenvalue weighted by Crippen LogP contribution is 2.31. The van der Waals surface area contributed by atoms with Crippen LogP contribution in [0.3, 0.4) is 0 Å². The number of hydrogen-bond acceptors (Lipinski definition) is 4. The molecular formula is C15H11Br2N3O. The SMILES string of the molecule is NC(c1ccccc1)c1nnc(-c2ccc(Br)cc2Br)o1. The smallest absolute Gasteiger partial charge is 0.248 e. The van der Waals surface area contributed by atoms with Crippen molar-refractivity contribution in [1.82, 2.24) is 10.2 Å². The van der Waals surface area contributed by atoms with Crippen LogP contribution in [0, 0.1) is 0 Å². The molecule has 1 aromatic heterocycles. The Hall–Kier alpha value is -1.50. The summed E-state index contributed by atoms with van der Waals surface area (Å²) in [5.41, 5.74) is 7.92. The molecule has 21 heavy (non-hydrogen) atoms. The largest absolute Gasteiger partial charge is 0.419 e. The van der Waals surface area contributed by atoms with Crippen LogP contribution in [0.5, 0.6) is 0 Å². The maximum Gasteiger partial charge on any atom is 0.248 e. The van der Waals surface area contributed by atoms with Crippen molar-refractivity contribution in [3.63, 3.8) is 0 Å².